The Morgan fingerprint density at radius 2 is 1.51 bits per heavy atom. The van der Waals surface area contributed by atoms with Gasteiger partial charge in [-0.15, -0.1) is 0 Å². The number of halogens is 2. The third-order valence-corrected chi connectivity index (χ3v) is 8.39. The molecule has 10 nitrogen and oxygen atoms in total. The maximum atomic E-state index is 12.7. The van der Waals surface area contributed by atoms with Gasteiger partial charge in [-0.2, -0.15) is 0 Å². The quantitative estimate of drug-likeness (QED) is 0.249. The molecule has 8 atom stereocenters. The summed E-state index contributed by atoms with van der Waals surface area (Å²) in [6.45, 7) is -0.571. The van der Waals surface area contributed by atoms with Gasteiger partial charge >= 0.3 is 0 Å². The molecule has 2 aromatic rings. The lowest BCUT2D eigenvalue weighted by Crippen LogP contribution is -2.61. The van der Waals surface area contributed by atoms with Crippen molar-refractivity contribution < 1.29 is 39.5 Å². The molecule has 1 heterocycles. The highest BCUT2D eigenvalue weighted by Gasteiger charge is 2.48. The minimum atomic E-state index is -1.56. The molecule has 1 saturated carbocycles. The number of nitrogens with one attached hydrogen (secondary N) is 2. The zero-order chi connectivity index (χ0) is 28.1. The van der Waals surface area contributed by atoms with Gasteiger partial charge in [0, 0.05) is 21.2 Å². The fourth-order valence-electron chi connectivity index (χ4n) is 4.62. The molecule has 0 unspecified atom stereocenters. The van der Waals surface area contributed by atoms with Crippen LogP contribution in [0.1, 0.15) is 40.0 Å². The van der Waals surface area contributed by atoms with Crippen LogP contribution in [0.25, 0.3) is 0 Å². The lowest BCUT2D eigenvalue weighted by atomic mass is 9.89. The summed E-state index contributed by atoms with van der Waals surface area (Å²) in [6, 6.07) is 11.9. The van der Waals surface area contributed by atoms with Crippen LogP contribution in [0.5, 0.6) is 0 Å². The normalized spacial score (nSPS) is 30.9. The smallest absolute Gasteiger partial charge is 0.261 e. The first-order valence-corrected chi connectivity index (χ1v) is 14.1. The molecule has 0 aromatic heterocycles. The van der Waals surface area contributed by atoms with Crippen molar-refractivity contribution in [2.45, 2.75) is 67.4 Å². The first-order chi connectivity index (χ1) is 18.7. The summed E-state index contributed by atoms with van der Waals surface area (Å²) in [7, 11) is 0. The Morgan fingerprint density at radius 3 is 2.10 bits per heavy atom. The van der Waals surface area contributed by atoms with Gasteiger partial charge in [-0.3, -0.25) is 14.3 Å². The van der Waals surface area contributed by atoms with Crippen LogP contribution in [0.2, 0.25) is 10.0 Å². The Bertz CT molecular complexity index is 1130. The maximum absolute atomic E-state index is 12.7. The second-order valence-corrected chi connectivity index (χ2v) is 11.3. The Hall–Kier alpha value is -1.93. The number of hydrogen-bond acceptors (Lipinski definition) is 9. The number of carbonyl (C=O) groups is 2. The largest absolute Gasteiger partial charge is 0.394 e. The summed E-state index contributed by atoms with van der Waals surface area (Å²) in [5.41, 5.74) is 0.712. The van der Waals surface area contributed by atoms with Crippen molar-refractivity contribution in [1.29, 1.82) is 0 Å². The predicted octanol–water partition coefficient (Wildman–Crippen LogP) is 1.91. The van der Waals surface area contributed by atoms with E-state index in [0.29, 0.717) is 40.4 Å². The van der Waals surface area contributed by atoms with Gasteiger partial charge in [0.05, 0.1) is 30.1 Å². The van der Waals surface area contributed by atoms with Gasteiger partial charge in [0.2, 0.25) is 0 Å². The van der Waals surface area contributed by atoms with Crippen molar-refractivity contribution in [2.24, 2.45) is 0 Å². The number of ether oxygens (including phenoxy) is 2. The second-order valence-electron chi connectivity index (χ2n) is 9.41. The molecule has 212 valence electrons. The van der Waals surface area contributed by atoms with Crippen LogP contribution in [-0.4, -0.2) is 86.9 Å². The SMILES string of the molecule is O=C(NS[C@H]1[C@@H](O)[C@@H](CO)O[C@@H](O)[C@@H]1O[C@@H]1CCC[C@H](NC(=O)c2ccc(Cl)cc2)[C@H]1O)c1ccc(Cl)cc1. The molecule has 1 aliphatic carbocycles. The minimum Gasteiger partial charge on any atom is -0.394 e. The van der Waals surface area contributed by atoms with Crippen LogP contribution in [0, 0.1) is 0 Å². The molecule has 0 radical (unpaired) electrons. The average molecular weight is 602 g/mol. The molecule has 0 bridgehead atoms. The number of aliphatic hydroxyl groups excluding tert-OH is 4. The first kappa shape index (κ1) is 30.0. The highest BCUT2D eigenvalue weighted by molar-refractivity contribution is 7.98. The number of benzene rings is 2. The van der Waals surface area contributed by atoms with Crippen LogP contribution in [0.4, 0.5) is 0 Å². The molecule has 2 aromatic carbocycles. The molecule has 1 saturated heterocycles. The molecular formula is C26H30Cl2N2O8S. The average Bonchev–Trinajstić information content (AvgIpc) is 2.92. The van der Waals surface area contributed by atoms with Gasteiger partial charge in [-0.25, -0.2) is 0 Å². The van der Waals surface area contributed by atoms with Crippen LogP contribution in [-0.2, 0) is 9.47 Å². The van der Waals surface area contributed by atoms with E-state index in [4.69, 9.17) is 32.7 Å². The van der Waals surface area contributed by atoms with Crippen LogP contribution < -0.4 is 10.0 Å². The number of carbonyl (C=O) groups excluding carboxylic acids is 2. The summed E-state index contributed by atoms with van der Waals surface area (Å²) < 4.78 is 14.1. The molecule has 2 amide bonds. The molecule has 4 rings (SSSR count). The Balaban J connectivity index is 1.44. The first-order valence-electron chi connectivity index (χ1n) is 12.4. The molecular weight excluding hydrogens is 571 g/mol. The summed E-state index contributed by atoms with van der Waals surface area (Å²) in [6.07, 6.45) is -5.57. The number of hydrogen-bond donors (Lipinski definition) is 6. The maximum Gasteiger partial charge on any atom is 0.261 e. The molecule has 1 aliphatic heterocycles. The zero-order valence-electron chi connectivity index (χ0n) is 20.7. The van der Waals surface area contributed by atoms with Gasteiger partial charge in [-0.05, 0) is 79.7 Å². The van der Waals surface area contributed by atoms with E-state index in [2.05, 4.69) is 10.0 Å². The predicted molar refractivity (Wildman–Crippen MR) is 145 cm³/mol. The van der Waals surface area contributed by atoms with Gasteiger partial charge < -0.3 is 35.2 Å². The summed E-state index contributed by atoms with van der Waals surface area (Å²) in [5, 5.41) is 45.0. The fraction of sp³-hybridized carbons (Fsp3) is 0.462. The van der Waals surface area contributed by atoms with Gasteiger partial charge in [0.1, 0.15) is 18.3 Å². The molecule has 2 aliphatic rings. The topological polar surface area (TPSA) is 158 Å². The molecule has 6 N–H and O–H groups in total. The third-order valence-electron chi connectivity index (χ3n) is 6.76. The Kier molecular flexibility index (Phi) is 10.5. The van der Waals surface area contributed by atoms with Crippen molar-refractivity contribution in [2.75, 3.05) is 6.61 Å². The van der Waals surface area contributed by atoms with Crippen molar-refractivity contribution >= 4 is 47.0 Å². The highest BCUT2D eigenvalue weighted by Crippen LogP contribution is 2.33. The van der Waals surface area contributed by atoms with E-state index in [-0.39, 0.29) is 5.91 Å². The lowest BCUT2D eigenvalue weighted by molar-refractivity contribution is -0.273. The van der Waals surface area contributed by atoms with E-state index >= 15 is 0 Å². The van der Waals surface area contributed by atoms with Crippen LogP contribution >= 0.6 is 35.1 Å². The van der Waals surface area contributed by atoms with E-state index < -0.39 is 60.6 Å². The number of rotatable bonds is 8. The summed E-state index contributed by atoms with van der Waals surface area (Å²) >= 11 is 12.6. The van der Waals surface area contributed by atoms with Crippen molar-refractivity contribution in [3.05, 3.63) is 69.7 Å². The van der Waals surface area contributed by atoms with Crippen molar-refractivity contribution in [1.82, 2.24) is 10.0 Å². The van der Waals surface area contributed by atoms with Gasteiger partial charge in [0.15, 0.2) is 6.29 Å². The van der Waals surface area contributed by atoms with E-state index in [1.807, 2.05) is 0 Å². The third kappa shape index (κ3) is 7.43. The number of aliphatic hydroxyl groups is 4. The molecule has 0 spiro atoms. The Morgan fingerprint density at radius 1 is 0.923 bits per heavy atom. The van der Waals surface area contributed by atoms with E-state index in [0.717, 1.165) is 11.9 Å². The second kappa shape index (κ2) is 13.6. The monoisotopic (exact) mass is 600 g/mol. The van der Waals surface area contributed by atoms with Crippen LogP contribution in [0.3, 0.4) is 0 Å². The minimum absolute atomic E-state index is 0.326. The van der Waals surface area contributed by atoms with Crippen molar-refractivity contribution in [3.8, 4) is 0 Å². The molecule has 39 heavy (non-hydrogen) atoms. The van der Waals surface area contributed by atoms with E-state index in [1.54, 1.807) is 36.4 Å². The lowest BCUT2D eigenvalue weighted by Gasteiger charge is -2.45. The fourth-order valence-corrected chi connectivity index (χ4v) is 5.88. The molecule has 2 fully saturated rings. The van der Waals surface area contributed by atoms with Crippen LogP contribution in [0.15, 0.2) is 48.5 Å². The van der Waals surface area contributed by atoms with Gasteiger partial charge in [-0.1, -0.05) is 23.2 Å². The van der Waals surface area contributed by atoms with E-state index in [9.17, 15) is 30.0 Å². The molecule has 13 heteroatoms. The highest BCUT2D eigenvalue weighted by atomic mass is 35.5. The van der Waals surface area contributed by atoms with Gasteiger partial charge in [0.25, 0.3) is 11.8 Å². The van der Waals surface area contributed by atoms with Crippen molar-refractivity contribution in [3.63, 3.8) is 0 Å². The number of amides is 2. The Labute approximate surface area is 239 Å². The zero-order valence-corrected chi connectivity index (χ0v) is 23.0. The summed E-state index contributed by atoms with van der Waals surface area (Å²) in [4.78, 5) is 25.3. The van der Waals surface area contributed by atoms with E-state index in [1.165, 1.54) is 12.1 Å². The summed E-state index contributed by atoms with van der Waals surface area (Å²) in [5.74, 6) is -0.844. The standard InChI is InChI=1S/C26H30Cl2N2O8S/c27-15-8-4-13(5-9-15)24(34)29-17-2-1-3-18(20(17)32)37-22-23(21(33)19(12-31)38-26(22)36)39-30-25(35)14-6-10-16(28)11-7-14/h4-11,17-23,26,31-33,36H,1-3,12H2,(H,29,34)(H,30,35)/t17-,18+,19+,20+,21-,22+,23-,26+/m0/s1.